The first-order valence-corrected chi connectivity index (χ1v) is 24.3. The predicted octanol–water partition coefficient (Wildman–Crippen LogP) is 12.0. The van der Waals surface area contributed by atoms with Crippen molar-refractivity contribution in [2.24, 2.45) is 0 Å². The maximum atomic E-state index is 15.1. The Kier molecular flexibility index (Phi) is 9.50. The molecule has 0 unspecified atom stereocenters. The lowest BCUT2D eigenvalue weighted by Crippen LogP contribution is -2.25. The Balaban J connectivity index is 0.898. The lowest BCUT2D eigenvalue weighted by atomic mass is 9.80. The molecule has 0 aromatic heterocycles. The molecule has 14 rings (SSSR count). The minimum Gasteiger partial charge on any atom is -0.354 e. The van der Waals surface area contributed by atoms with Gasteiger partial charge in [-0.3, -0.25) is 38.4 Å². The van der Waals surface area contributed by atoms with Gasteiger partial charge >= 0.3 is 0 Å². The van der Waals surface area contributed by atoms with E-state index in [-0.39, 0.29) is 72.4 Å². The molecule has 0 saturated heterocycles. The average Bonchev–Trinajstić information content (AvgIpc) is 3.65. The molecule has 0 aliphatic heterocycles. The fourth-order valence-electron chi connectivity index (χ4n) is 11.4. The van der Waals surface area contributed by atoms with Crippen molar-refractivity contribution in [3.05, 3.63) is 258 Å². The van der Waals surface area contributed by atoms with Crippen LogP contribution in [0.3, 0.4) is 0 Å². The Bertz CT molecular complexity index is 4690. The van der Waals surface area contributed by atoms with Crippen LogP contribution in [0.4, 0.5) is 34.1 Å². The van der Waals surface area contributed by atoms with E-state index in [4.69, 9.17) is 0 Å². The highest BCUT2D eigenvalue weighted by Gasteiger charge is 2.37. The molecule has 4 aliphatic carbocycles. The maximum Gasteiger partial charge on any atom is 0.255 e. The third-order valence-electron chi connectivity index (χ3n) is 14.8. The number of anilines is 6. The summed E-state index contributed by atoms with van der Waals surface area (Å²) in [5, 5.41) is 16.0. The van der Waals surface area contributed by atoms with E-state index in [0.717, 1.165) is 0 Å². The third-order valence-corrected chi connectivity index (χ3v) is 14.8. The molecule has 0 radical (unpaired) electrons. The second-order valence-electron chi connectivity index (χ2n) is 18.9. The molecule has 0 fully saturated rings. The highest BCUT2D eigenvalue weighted by molar-refractivity contribution is 6.35. The number of ketones is 4. The molecule has 0 saturated carbocycles. The first-order chi connectivity index (χ1) is 37.0. The zero-order valence-corrected chi connectivity index (χ0v) is 39.6. The second kappa shape index (κ2) is 16.4. The summed E-state index contributed by atoms with van der Waals surface area (Å²) in [6.45, 7) is 0. The minimum atomic E-state index is -0.468. The Morgan fingerprint density at radius 2 is 0.632 bits per heavy atom. The van der Waals surface area contributed by atoms with Crippen LogP contribution in [0, 0.1) is 0 Å². The number of amides is 2. The molecular formula is C64H34N4O8. The van der Waals surface area contributed by atoms with Gasteiger partial charge < -0.3 is 21.3 Å². The number of fused-ring (bicyclic) bond motifs is 4. The molecule has 10 aromatic rings. The van der Waals surface area contributed by atoms with Crippen LogP contribution in [-0.4, -0.2) is 34.9 Å². The molecule has 0 heterocycles. The Morgan fingerprint density at radius 1 is 0.276 bits per heavy atom. The molecule has 0 atom stereocenters. The standard InChI is InChI=1S/C64H34N4O8/c69-57-38-22-10-20-36-48(66-45-27-28-46(68-64(76)32-15-5-2-6-16-32)56-55(45)59(71)33-17-7-8-18-34(33)60(56)72)30-42-54(50(36)38)53-41(57)29-47(35-19-9-21-37(49(35)53)58(42)70)65-43-25-11-23-39-51(43)61(73)40-24-12-26-44(52(40)62(39)74)67-63(75)31-13-3-1-4-14-31/h1-30,65-66H,(H,67,75)(H,68,76). The molecule has 4 N–H and O–H groups in total. The van der Waals surface area contributed by atoms with Crippen molar-refractivity contribution in [2.75, 3.05) is 21.3 Å². The van der Waals surface area contributed by atoms with Crippen LogP contribution < -0.4 is 32.1 Å². The van der Waals surface area contributed by atoms with E-state index in [1.165, 1.54) is 0 Å². The van der Waals surface area contributed by atoms with Gasteiger partial charge in [0.1, 0.15) is 0 Å². The number of nitrogens with one attached hydrogen (secondary N) is 4. The molecule has 4 aliphatic rings. The normalized spacial score (nSPS) is 12.8. The predicted molar refractivity (Wildman–Crippen MR) is 294 cm³/mol. The van der Waals surface area contributed by atoms with Crippen LogP contribution in [0.2, 0.25) is 0 Å². The largest absolute Gasteiger partial charge is 0.354 e. The van der Waals surface area contributed by atoms with Crippen molar-refractivity contribution < 1.29 is 28.8 Å². The van der Waals surface area contributed by atoms with Crippen LogP contribution in [-0.2, 0) is 0 Å². The van der Waals surface area contributed by atoms with Crippen LogP contribution in [0.5, 0.6) is 0 Å². The van der Waals surface area contributed by atoms with Crippen LogP contribution in [0.15, 0.2) is 192 Å². The number of carbonyl (C=O) groups excluding carboxylic acids is 6. The van der Waals surface area contributed by atoms with Gasteiger partial charge in [0.05, 0.1) is 45.0 Å². The molecule has 0 bridgehead atoms. The van der Waals surface area contributed by atoms with Gasteiger partial charge in [0, 0.05) is 99.0 Å². The summed E-state index contributed by atoms with van der Waals surface area (Å²) in [5.41, 5.74) is 3.84. The Hall–Kier alpha value is -10.7. The molecule has 12 nitrogen and oxygen atoms in total. The topological polar surface area (TPSA) is 185 Å². The quantitative estimate of drug-likeness (QED) is 0.0844. The van der Waals surface area contributed by atoms with E-state index < -0.39 is 34.9 Å². The van der Waals surface area contributed by atoms with E-state index in [9.17, 15) is 28.8 Å². The molecular weight excluding hydrogens is 953 g/mol. The van der Waals surface area contributed by atoms with Crippen molar-refractivity contribution >= 4 is 112 Å². The van der Waals surface area contributed by atoms with Gasteiger partial charge in [0.25, 0.3) is 11.8 Å². The summed E-state index contributed by atoms with van der Waals surface area (Å²) < 4.78 is 0. The van der Waals surface area contributed by atoms with Gasteiger partial charge in [-0.1, -0.05) is 121 Å². The summed E-state index contributed by atoms with van der Waals surface area (Å²) in [5.74, 6) is -2.69. The van der Waals surface area contributed by atoms with Crippen molar-refractivity contribution in [2.45, 2.75) is 0 Å². The Labute approximate surface area is 429 Å². The van der Waals surface area contributed by atoms with E-state index in [0.29, 0.717) is 82.4 Å². The molecule has 0 spiro atoms. The highest BCUT2D eigenvalue weighted by atomic mass is 16.2. The Morgan fingerprint density at radius 3 is 1.13 bits per heavy atom. The second-order valence-corrected chi connectivity index (χ2v) is 18.9. The minimum absolute atomic E-state index is 0.0124. The van der Waals surface area contributed by atoms with Gasteiger partial charge in [0.15, 0.2) is 34.0 Å². The maximum absolute atomic E-state index is 15.1. The highest BCUT2D eigenvalue weighted by Crippen LogP contribution is 2.50. The van der Waals surface area contributed by atoms with Gasteiger partial charge in [-0.25, -0.2) is 0 Å². The monoisotopic (exact) mass is 986 g/mol. The van der Waals surface area contributed by atoms with E-state index in [1.807, 2.05) is 12.1 Å². The van der Waals surface area contributed by atoms with Gasteiger partial charge in [-0.2, -0.15) is 0 Å². The van der Waals surface area contributed by atoms with Crippen molar-refractivity contribution in [1.82, 2.24) is 0 Å². The molecule has 2 amide bonds. The number of hydrogen-bond acceptors (Lipinski definition) is 10. The lowest BCUT2D eigenvalue weighted by Gasteiger charge is -2.26. The van der Waals surface area contributed by atoms with Crippen LogP contribution >= 0.6 is 0 Å². The number of hydrogen-bond donors (Lipinski definition) is 4. The number of carbonyl (C=O) groups is 6. The average molecular weight is 987 g/mol. The van der Waals surface area contributed by atoms with Crippen molar-refractivity contribution in [3.63, 3.8) is 0 Å². The van der Waals surface area contributed by atoms with Crippen molar-refractivity contribution in [3.8, 4) is 11.1 Å². The summed E-state index contributed by atoms with van der Waals surface area (Å²) in [6.07, 6.45) is 0. The molecule has 12 heteroatoms. The van der Waals surface area contributed by atoms with E-state index in [1.54, 1.807) is 170 Å². The van der Waals surface area contributed by atoms with Gasteiger partial charge in [-0.05, 0) is 60.7 Å². The third kappa shape index (κ3) is 6.31. The first kappa shape index (κ1) is 44.0. The summed E-state index contributed by atoms with van der Waals surface area (Å²) in [7, 11) is 0. The molecule has 76 heavy (non-hydrogen) atoms. The summed E-state index contributed by atoms with van der Waals surface area (Å²) >= 11 is 0. The van der Waals surface area contributed by atoms with E-state index >= 15 is 9.59 Å². The van der Waals surface area contributed by atoms with E-state index in [2.05, 4.69) is 21.3 Å². The fraction of sp³-hybridized carbons (Fsp3) is 0. The van der Waals surface area contributed by atoms with Crippen LogP contribution in [0.1, 0.15) is 84.4 Å². The molecule has 358 valence electrons. The van der Waals surface area contributed by atoms with Crippen molar-refractivity contribution in [1.29, 1.82) is 0 Å². The summed E-state index contributed by atoms with van der Waals surface area (Å²) in [4.78, 5) is 115. The lowest BCUT2D eigenvalue weighted by molar-refractivity contribution is 0.0979. The zero-order valence-electron chi connectivity index (χ0n) is 39.6. The molecule has 10 aromatic carbocycles. The number of rotatable bonds is 8. The zero-order chi connectivity index (χ0) is 51.7. The smallest absolute Gasteiger partial charge is 0.255 e. The first-order valence-electron chi connectivity index (χ1n) is 24.3. The van der Waals surface area contributed by atoms with Crippen LogP contribution in [0.25, 0.3) is 54.2 Å². The van der Waals surface area contributed by atoms with Gasteiger partial charge in [-0.15, -0.1) is 0 Å². The fourth-order valence-corrected chi connectivity index (χ4v) is 11.4. The number of benzene rings is 12. The summed E-state index contributed by atoms with van der Waals surface area (Å²) in [6, 6.07) is 50.4. The van der Waals surface area contributed by atoms with Gasteiger partial charge in [0.2, 0.25) is 0 Å². The SMILES string of the molecule is O=C(Nc1cccc2c1C(=O)c1cccc(Nc3cc4c5c6c3cccc6c(=O)c3cc(Nc6ccc(NC(=O)c7ccccc7)c7c6C(=O)c6ccccc6C7=O)c6cccc(c4=O)c6c3-5)c1C2=O)c1ccccc1.